The van der Waals surface area contributed by atoms with Crippen molar-refractivity contribution in [2.24, 2.45) is 0 Å². The highest BCUT2D eigenvalue weighted by atomic mass is 127. The highest BCUT2D eigenvalue weighted by Crippen LogP contribution is 2.26. The Morgan fingerprint density at radius 2 is 2.06 bits per heavy atom. The van der Waals surface area contributed by atoms with Crippen LogP contribution < -0.4 is 10.1 Å². The monoisotopic (exact) mass is 326 g/mol. The normalized spacial score (nSPS) is 9.88. The second-order valence-electron chi connectivity index (χ2n) is 3.16. The van der Waals surface area contributed by atoms with Crippen molar-refractivity contribution in [3.05, 3.63) is 46.2 Å². The van der Waals surface area contributed by atoms with Crippen molar-refractivity contribution in [3.63, 3.8) is 0 Å². The van der Waals surface area contributed by atoms with Crippen LogP contribution in [0.15, 0.2) is 42.6 Å². The van der Waals surface area contributed by atoms with Gasteiger partial charge in [-0.25, -0.2) is 4.98 Å². The van der Waals surface area contributed by atoms with E-state index in [2.05, 4.69) is 32.9 Å². The number of nitrogens with zero attached hydrogens (tertiary/aromatic N) is 1. The molecule has 0 fully saturated rings. The molecule has 4 heteroatoms. The Hall–Kier alpha value is -1.30. The molecule has 0 aliphatic heterocycles. The molecule has 16 heavy (non-hydrogen) atoms. The Balaban J connectivity index is 2.24. The van der Waals surface area contributed by atoms with E-state index in [0.717, 1.165) is 20.9 Å². The van der Waals surface area contributed by atoms with Gasteiger partial charge in [0.15, 0.2) is 0 Å². The molecule has 0 saturated carbocycles. The van der Waals surface area contributed by atoms with Crippen LogP contribution in [0.3, 0.4) is 0 Å². The van der Waals surface area contributed by atoms with E-state index in [-0.39, 0.29) is 0 Å². The van der Waals surface area contributed by atoms with Crippen LogP contribution in [-0.4, -0.2) is 12.0 Å². The molecule has 0 spiro atoms. The van der Waals surface area contributed by atoms with Gasteiger partial charge in [-0.1, -0.05) is 12.1 Å². The molecule has 1 N–H and O–H groups in total. The second-order valence-corrected chi connectivity index (χ2v) is 4.32. The minimum Gasteiger partial charge on any atom is -0.456 e. The summed E-state index contributed by atoms with van der Waals surface area (Å²) < 4.78 is 6.85. The van der Waals surface area contributed by atoms with Gasteiger partial charge in [0.05, 0.1) is 3.57 Å². The lowest BCUT2D eigenvalue weighted by Crippen LogP contribution is -1.93. The predicted octanol–water partition coefficient (Wildman–Crippen LogP) is 3.52. The number of rotatable bonds is 3. The molecular formula is C12H11IN2O. The zero-order valence-electron chi connectivity index (χ0n) is 8.77. The van der Waals surface area contributed by atoms with Crippen LogP contribution in [0.2, 0.25) is 0 Å². The van der Waals surface area contributed by atoms with E-state index < -0.39 is 0 Å². The molecule has 0 unspecified atom stereocenters. The largest absolute Gasteiger partial charge is 0.456 e. The number of nitrogens with one attached hydrogen (secondary N) is 1. The van der Waals surface area contributed by atoms with Crippen molar-refractivity contribution in [1.29, 1.82) is 0 Å². The lowest BCUT2D eigenvalue weighted by molar-refractivity contribution is 0.479. The van der Waals surface area contributed by atoms with Crippen LogP contribution in [0.25, 0.3) is 0 Å². The van der Waals surface area contributed by atoms with Crippen molar-refractivity contribution in [3.8, 4) is 11.5 Å². The molecule has 0 atom stereocenters. The zero-order valence-corrected chi connectivity index (χ0v) is 10.9. The van der Waals surface area contributed by atoms with E-state index in [0.29, 0.717) is 0 Å². The number of anilines is 1. The van der Waals surface area contributed by atoms with Gasteiger partial charge in [0, 0.05) is 19.3 Å². The standard InChI is InChI=1S/C12H11IN2O/c1-14-12-8-9(6-7-15-12)16-11-5-3-2-4-10(11)13/h2-8H,1H3,(H,14,15). The third kappa shape index (κ3) is 2.63. The Labute approximate surface area is 108 Å². The fourth-order valence-electron chi connectivity index (χ4n) is 1.27. The van der Waals surface area contributed by atoms with Gasteiger partial charge in [0.1, 0.15) is 17.3 Å². The molecule has 2 rings (SSSR count). The predicted molar refractivity (Wildman–Crippen MR) is 73.0 cm³/mol. The van der Waals surface area contributed by atoms with Crippen LogP contribution in [0.4, 0.5) is 5.82 Å². The maximum absolute atomic E-state index is 5.76. The van der Waals surface area contributed by atoms with Crippen molar-refractivity contribution in [2.75, 3.05) is 12.4 Å². The van der Waals surface area contributed by atoms with E-state index >= 15 is 0 Å². The SMILES string of the molecule is CNc1cc(Oc2ccccc2I)ccn1. The van der Waals surface area contributed by atoms with Gasteiger partial charge in [-0.2, -0.15) is 0 Å². The minimum absolute atomic E-state index is 0.781. The highest BCUT2D eigenvalue weighted by molar-refractivity contribution is 14.1. The third-order valence-electron chi connectivity index (χ3n) is 2.05. The molecule has 1 heterocycles. The number of benzene rings is 1. The summed E-state index contributed by atoms with van der Waals surface area (Å²) in [5, 5.41) is 2.97. The number of para-hydroxylation sites is 1. The van der Waals surface area contributed by atoms with Crippen molar-refractivity contribution in [1.82, 2.24) is 4.98 Å². The first-order valence-electron chi connectivity index (χ1n) is 4.86. The number of pyridine rings is 1. The fraction of sp³-hybridized carbons (Fsp3) is 0.0833. The number of halogens is 1. The van der Waals surface area contributed by atoms with Crippen molar-refractivity contribution in [2.45, 2.75) is 0 Å². The van der Waals surface area contributed by atoms with Gasteiger partial charge < -0.3 is 10.1 Å². The molecule has 2 aromatic rings. The maximum atomic E-state index is 5.76. The topological polar surface area (TPSA) is 34.1 Å². The smallest absolute Gasteiger partial charge is 0.140 e. The molecule has 0 aliphatic carbocycles. The first kappa shape index (κ1) is 11.2. The third-order valence-corrected chi connectivity index (χ3v) is 2.94. The average molecular weight is 326 g/mol. The van der Waals surface area contributed by atoms with Crippen LogP contribution >= 0.6 is 22.6 Å². The zero-order chi connectivity index (χ0) is 11.4. The minimum atomic E-state index is 0.781. The maximum Gasteiger partial charge on any atom is 0.140 e. The average Bonchev–Trinajstić information content (AvgIpc) is 2.32. The Bertz CT molecular complexity index is 488. The first-order chi connectivity index (χ1) is 7.79. The van der Waals surface area contributed by atoms with E-state index in [1.54, 1.807) is 6.20 Å². The van der Waals surface area contributed by atoms with Crippen molar-refractivity contribution >= 4 is 28.4 Å². The van der Waals surface area contributed by atoms with Crippen LogP contribution in [0, 0.1) is 3.57 Å². The van der Waals surface area contributed by atoms with Crippen LogP contribution in [0.5, 0.6) is 11.5 Å². The summed E-state index contributed by atoms with van der Waals surface area (Å²) in [6.07, 6.45) is 1.72. The number of ether oxygens (including phenoxy) is 1. The summed E-state index contributed by atoms with van der Waals surface area (Å²) in [5.41, 5.74) is 0. The quantitative estimate of drug-likeness (QED) is 0.877. The molecular weight excluding hydrogens is 315 g/mol. The molecule has 3 nitrogen and oxygen atoms in total. The van der Waals surface area contributed by atoms with E-state index in [1.807, 2.05) is 43.4 Å². The molecule has 82 valence electrons. The highest BCUT2D eigenvalue weighted by Gasteiger charge is 2.02. The van der Waals surface area contributed by atoms with Crippen molar-refractivity contribution < 1.29 is 4.74 Å². The molecule has 1 aromatic carbocycles. The molecule has 0 amide bonds. The number of hydrogen-bond acceptors (Lipinski definition) is 3. The lowest BCUT2D eigenvalue weighted by Gasteiger charge is -2.08. The van der Waals surface area contributed by atoms with Gasteiger partial charge >= 0.3 is 0 Å². The summed E-state index contributed by atoms with van der Waals surface area (Å²) in [5.74, 6) is 2.43. The van der Waals surface area contributed by atoms with E-state index in [9.17, 15) is 0 Å². The fourth-order valence-corrected chi connectivity index (χ4v) is 1.76. The Kier molecular flexibility index (Phi) is 3.61. The van der Waals surface area contributed by atoms with Crippen LogP contribution in [0.1, 0.15) is 0 Å². The molecule has 0 aliphatic rings. The molecule has 0 saturated heterocycles. The van der Waals surface area contributed by atoms with E-state index in [1.165, 1.54) is 0 Å². The molecule has 0 bridgehead atoms. The number of hydrogen-bond donors (Lipinski definition) is 1. The van der Waals surface area contributed by atoms with Gasteiger partial charge in [-0.15, -0.1) is 0 Å². The summed E-state index contributed by atoms with van der Waals surface area (Å²) in [7, 11) is 1.83. The summed E-state index contributed by atoms with van der Waals surface area (Å²) in [4.78, 5) is 4.13. The van der Waals surface area contributed by atoms with Gasteiger partial charge in [-0.3, -0.25) is 0 Å². The molecule has 0 radical (unpaired) electrons. The van der Waals surface area contributed by atoms with Gasteiger partial charge in [0.25, 0.3) is 0 Å². The van der Waals surface area contributed by atoms with E-state index in [4.69, 9.17) is 4.74 Å². The number of aromatic nitrogens is 1. The molecule has 1 aromatic heterocycles. The van der Waals surface area contributed by atoms with Gasteiger partial charge in [0.2, 0.25) is 0 Å². The van der Waals surface area contributed by atoms with Crippen LogP contribution in [-0.2, 0) is 0 Å². The lowest BCUT2D eigenvalue weighted by atomic mass is 10.3. The summed E-state index contributed by atoms with van der Waals surface area (Å²) in [6.45, 7) is 0. The summed E-state index contributed by atoms with van der Waals surface area (Å²) >= 11 is 2.25. The Morgan fingerprint density at radius 3 is 2.81 bits per heavy atom. The second kappa shape index (κ2) is 5.16. The van der Waals surface area contributed by atoms with Gasteiger partial charge in [-0.05, 0) is 40.8 Å². The Morgan fingerprint density at radius 1 is 1.25 bits per heavy atom. The first-order valence-corrected chi connectivity index (χ1v) is 5.93. The summed E-state index contributed by atoms with van der Waals surface area (Å²) in [6, 6.07) is 11.6.